The largest absolute Gasteiger partial charge is 0.352 e. The van der Waals surface area contributed by atoms with Crippen LogP contribution in [-0.4, -0.2) is 23.3 Å². The molecule has 0 aliphatic carbocycles. The minimum Gasteiger partial charge on any atom is -0.352 e. The molecule has 1 aromatic heterocycles. The van der Waals surface area contributed by atoms with Gasteiger partial charge in [0.1, 0.15) is 0 Å². The van der Waals surface area contributed by atoms with Gasteiger partial charge < -0.3 is 10.6 Å². The molecule has 138 valence electrons. The van der Waals surface area contributed by atoms with Crippen molar-refractivity contribution in [2.24, 2.45) is 5.92 Å². The Morgan fingerprint density at radius 2 is 1.67 bits per heavy atom. The van der Waals surface area contributed by atoms with Gasteiger partial charge in [0.15, 0.2) is 0 Å². The number of nitrogens with one attached hydrogen (secondary N) is 2. The number of para-hydroxylation sites is 2. The predicted molar refractivity (Wildman–Crippen MR) is 108 cm³/mol. The van der Waals surface area contributed by atoms with Gasteiger partial charge in [-0.15, -0.1) is 0 Å². The average molecular weight is 361 g/mol. The molecule has 0 unspecified atom stereocenters. The molecule has 0 saturated heterocycles. The van der Waals surface area contributed by atoms with Gasteiger partial charge in [-0.3, -0.25) is 14.6 Å². The van der Waals surface area contributed by atoms with Crippen molar-refractivity contribution in [2.75, 3.05) is 11.9 Å². The maximum Gasteiger partial charge on any atom is 0.256 e. The summed E-state index contributed by atoms with van der Waals surface area (Å²) >= 11 is 0. The number of hydrogen-bond acceptors (Lipinski definition) is 3. The van der Waals surface area contributed by atoms with E-state index in [1.165, 1.54) is 0 Å². The summed E-state index contributed by atoms with van der Waals surface area (Å²) in [5.74, 6) is -0.113. The predicted octanol–water partition coefficient (Wildman–Crippen LogP) is 4.18. The summed E-state index contributed by atoms with van der Waals surface area (Å²) in [7, 11) is 0. The minimum atomic E-state index is -0.263. The zero-order chi connectivity index (χ0) is 19.4. The summed E-state index contributed by atoms with van der Waals surface area (Å²) in [6, 6.07) is 16.3. The van der Waals surface area contributed by atoms with E-state index in [0.717, 1.165) is 16.6 Å². The molecule has 0 fully saturated rings. The molecule has 0 spiro atoms. The number of rotatable bonds is 5. The van der Waals surface area contributed by atoms with Gasteiger partial charge in [0.05, 0.1) is 22.3 Å². The van der Waals surface area contributed by atoms with Crippen molar-refractivity contribution in [2.45, 2.75) is 20.8 Å². The fourth-order valence-corrected chi connectivity index (χ4v) is 2.87. The lowest BCUT2D eigenvalue weighted by Crippen LogP contribution is -2.28. The molecule has 0 aliphatic heterocycles. The standard InChI is InChI=1S/C22H23N3O2/c1-14(2)13-23-21(26)17-9-5-7-11-20(17)25-22(27)18-12-15(3)24-19-10-6-4-8-16(18)19/h4-12,14H,13H2,1-3H3,(H,23,26)(H,25,27). The second-order valence-corrected chi connectivity index (χ2v) is 6.93. The first-order valence-corrected chi connectivity index (χ1v) is 9.00. The Kier molecular flexibility index (Phi) is 5.50. The first kappa shape index (κ1) is 18.6. The second-order valence-electron chi connectivity index (χ2n) is 6.93. The topological polar surface area (TPSA) is 71.1 Å². The van der Waals surface area contributed by atoms with Crippen LogP contribution in [0.2, 0.25) is 0 Å². The number of anilines is 1. The minimum absolute atomic E-state index is 0.199. The van der Waals surface area contributed by atoms with Crippen molar-refractivity contribution >= 4 is 28.4 Å². The summed E-state index contributed by atoms with van der Waals surface area (Å²) < 4.78 is 0. The molecule has 5 nitrogen and oxygen atoms in total. The molecular formula is C22H23N3O2. The second kappa shape index (κ2) is 7.99. The third-order valence-electron chi connectivity index (χ3n) is 4.18. The number of nitrogens with zero attached hydrogens (tertiary/aromatic N) is 1. The van der Waals surface area contributed by atoms with Gasteiger partial charge in [-0.2, -0.15) is 0 Å². The van der Waals surface area contributed by atoms with Crippen LogP contribution in [0.25, 0.3) is 10.9 Å². The number of carbonyl (C=O) groups excluding carboxylic acids is 2. The number of hydrogen-bond donors (Lipinski definition) is 2. The van der Waals surface area contributed by atoms with Gasteiger partial charge in [0.2, 0.25) is 0 Å². The summed E-state index contributed by atoms with van der Waals surface area (Å²) in [5.41, 5.74) is 3.01. The van der Waals surface area contributed by atoms with Crippen LogP contribution in [0.3, 0.4) is 0 Å². The van der Waals surface area contributed by atoms with Crippen LogP contribution in [0.15, 0.2) is 54.6 Å². The summed E-state index contributed by atoms with van der Waals surface area (Å²) in [5, 5.41) is 6.56. The molecule has 3 aromatic rings. The molecule has 0 atom stereocenters. The maximum absolute atomic E-state index is 13.0. The number of fused-ring (bicyclic) bond motifs is 1. The fourth-order valence-electron chi connectivity index (χ4n) is 2.87. The van der Waals surface area contributed by atoms with Gasteiger partial charge in [-0.25, -0.2) is 0 Å². The van der Waals surface area contributed by atoms with Crippen LogP contribution >= 0.6 is 0 Å². The van der Waals surface area contributed by atoms with Gasteiger partial charge >= 0.3 is 0 Å². The third kappa shape index (κ3) is 4.31. The lowest BCUT2D eigenvalue weighted by atomic mass is 10.1. The molecule has 2 aromatic carbocycles. The van der Waals surface area contributed by atoms with E-state index in [9.17, 15) is 9.59 Å². The highest BCUT2D eigenvalue weighted by Crippen LogP contribution is 2.21. The first-order valence-electron chi connectivity index (χ1n) is 9.00. The quantitative estimate of drug-likeness (QED) is 0.716. The number of pyridine rings is 1. The molecule has 0 saturated carbocycles. The highest BCUT2D eigenvalue weighted by molar-refractivity contribution is 6.14. The Hall–Kier alpha value is -3.21. The highest BCUT2D eigenvalue weighted by Gasteiger charge is 2.16. The first-order chi connectivity index (χ1) is 13.0. The molecule has 1 heterocycles. The molecule has 0 radical (unpaired) electrons. The Bertz CT molecular complexity index is 996. The summed E-state index contributed by atoms with van der Waals surface area (Å²) in [4.78, 5) is 29.9. The van der Waals surface area contributed by atoms with E-state index < -0.39 is 0 Å². The van der Waals surface area contributed by atoms with Gasteiger partial charge in [-0.05, 0) is 37.1 Å². The van der Waals surface area contributed by atoms with Gasteiger partial charge in [0, 0.05) is 17.6 Å². The monoisotopic (exact) mass is 361 g/mol. The molecule has 27 heavy (non-hydrogen) atoms. The van der Waals surface area contributed by atoms with E-state index in [0.29, 0.717) is 29.3 Å². The van der Waals surface area contributed by atoms with E-state index in [1.54, 1.807) is 30.3 Å². The zero-order valence-electron chi connectivity index (χ0n) is 15.7. The van der Waals surface area contributed by atoms with Crippen molar-refractivity contribution in [3.05, 3.63) is 71.4 Å². The average Bonchev–Trinajstić information content (AvgIpc) is 2.65. The number of aryl methyl sites for hydroxylation is 1. The SMILES string of the molecule is Cc1cc(C(=O)Nc2ccccc2C(=O)NCC(C)C)c2ccccc2n1. The molecule has 3 rings (SSSR count). The molecule has 0 bridgehead atoms. The lowest BCUT2D eigenvalue weighted by molar-refractivity contribution is 0.0950. The Balaban J connectivity index is 1.91. The van der Waals surface area contributed by atoms with E-state index >= 15 is 0 Å². The molecule has 2 N–H and O–H groups in total. The summed E-state index contributed by atoms with van der Waals surface area (Å²) in [6.07, 6.45) is 0. The van der Waals surface area contributed by atoms with Crippen LogP contribution in [0.4, 0.5) is 5.69 Å². The van der Waals surface area contributed by atoms with E-state index in [-0.39, 0.29) is 11.8 Å². The molecule has 2 amide bonds. The Morgan fingerprint density at radius 1 is 0.963 bits per heavy atom. The number of carbonyl (C=O) groups is 2. The van der Waals surface area contributed by atoms with E-state index in [1.807, 2.05) is 45.0 Å². The third-order valence-corrected chi connectivity index (χ3v) is 4.18. The van der Waals surface area contributed by atoms with Crippen LogP contribution in [-0.2, 0) is 0 Å². The van der Waals surface area contributed by atoms with E-state index in [2.05, 4.69) is 15.6 Å². The van der Waals surface area contributed by atoms with Crippen molar-refractivity contribution < 1.29 is 9.59 Å². The number of amides is 2. The smallest absolute Gasteiger partial charge is 0.256 e. The summed E-state index contributed by atoms with van der Waals surface area (Å²) in [6.45, 7) is 6.50. The molecule has 5 heteroatoms. The lowest BCUT2D eigenvalue weighted by Gasteiger charge is -2.13. The van der Waals surface area contributed by atoms with Crippen LogP contribution in [0.1, 0.15) is 40.3 Å². The molecule has 0 aliphatic rings. The van der Waals surface area contributed by atoms with Gasteiger partial charge in [-0.1, -0.05) is 44.2 Å². The van der Waals surface area contributed by atoms with Crippen LogP contribution in [0.5, 0.6) is 0 Å². The number of aromatic nitrogens is 1. The Morgan fingerprint density at radius 3 is 2.44 bits per heavy atom. The van der Waals surface area contributed by atoms with Crippen molar-refractivity contribution in [1.82, 2.24) is 10.3 Å². The van der Waals surface area contributed by atoms with Crippen LogP contribution in [0, 0.1) is 12.8 Å². The van der Waals surface area contributed by atoms with Crippen LogP contribution < -0.4 is 10.6 Å². The normalized spacial score (nSPS) is 10.8. The molecular weight excluding hydrogens is 338 g/mol. The zero-order valence-corrected chi connectivity index (χ0v) is 15.7. The highest BCUT2D eigenvalue weighted by atomic mass is 16.2. The Labute approximate surface area is 158 Å². The van der Waals surface area contributed by atoms with Crippen molar-refractivity contribution in [1.29, 1.82) is 0 Å². The fraction of sp³-hybridized carbons (Fsp3) is 0.227. The van der Waals surface area contributed by atoms with Crippen molar-refractivity contribution in [3.63, 3.8) is 0 Å². The maximum atomic E-state index is 13.0. The van der Waals surface area contributed by atoms with Crippen molar-refractivity contribution in [3.8, 4) is 0 Å². The number of benzene rings is 2. The van der Waals surface area contributed by atoms with Gasteiger partial charge in [0.25, 0.3) is 11.8 Å². The van der Waals surface area contributed by atoms with E-state index in [4.69, 9.17) is 0 Å².